The van der Waals surface area contributed by atoms with E-state index in [9.17, 15) is 0 Å². The van der Waals surface area contributed by atoms with Gasteiger partial charge in [0.15, 0.2) is 0 Å². The number of methoxy groups -OCH3 is 1. The quantitative estimate of drug-likeness (QED) is 0.674. The van der Waals surface area contributed by atoms with Crippen LogP contribution in [0.25, 0.3) is 0 Å². The van der Waals surface area contributed by atoms with Gasteiger partial charge >= 0.3 is 0 Å². The molecule has 0 bridgehead atoms. The molecule has 0 radical (unpaired) electrons. The van der Waals surface area contributed by atoms with Crippen LogP contribution in [0.4, 0.5) is 0 Å². The SMILES string of the molecule is COc1ccc(CCNCc2cn(CCCO)nn2)cc1. The van der Waals surface area contributed by atoms with Gasteiger partial charge in [-0.25, -0.2) is 0 Å². The van der Waals surface area contributed by atoms with E-state index in [0.717, 1.165) is 24.4 Å². The van der Waals surface area contributed by atoms with E-state index in [-0.39, 0.29) is 6.61 Å². The van der Waals surface area contributed by atoms with Crippen LogP contribution in [-0.2, 0) is 19.5 Å². The molecule has 0 saturated carbocycles. The molecule has 2 rings (SSSR count). The van der Waals surface area contributed by atoms with Gasteiger partial charge in [-0.05, 0) is 37.1 Å². The molecule has 0 atom stereocenters. The Morgan fingerprint density at radius 2 is 2.10 bits per heavy atom. The molecular formula is C15H22N4O2. The summed E-state index contributed by atoms with van der Waals surface area (Å²) in [6.07, 6.45) is 3.58. The summed E-state index contributed by atoms with van der Waals surface area (Å²) < 4.78 is 6.89. The number of aromatic nitrogens is 3. The van der Waals surface area contributed by atoms with E-state index >= 15 is 0 Å². The summed E-state index contributed by atoms with van der Waals surface area (Å²) in [6, 6.07) is 8.10. The van der Waals surface area contributed by atoms with E-state index in [2.05, 4.69) is 27.8 Å². The lowest BCUT2D eigenvalue weighted by molar-refractivity contribution is 0.276. The Bertz CT molecular complexity index is 525. The van der Waals surface area contributed by atoms with Crippen molar-refractivity contribution in [2.45, 2.75) is 25.9 Å². The van der Waals surface area contributed by atoms with Crippen molar-refractivity contribution >= 4 is 0 Å². The molecule has 2 N–H and O–H groups in total. The number of rotatable bonds is 9. The summed E-state index contributed by atoms with van der Waals surface area (Å²) in [6.45, 7) is 2.47. The minimum absolute atomic E-state index is 0.176. The number of ether oxygens (including phenoxy) is 1. The van der Waals surface area contributed by atoms with Crippen LogP contribution in [0, 0.1) is 0 Å². The highest BCUT2D eigenvalue weighted by Crippen LogP contribution is 2.11. The van der Waals surface area contributed by atoms with Crippen LogP contribution >= 0.6 is 0 Å². The highest BCUT2D eigenvalue weighted by molar-refractivity contribution is 5.27. The Morgan fingerprint density at radius 3 is 2.81 bits per heavy atom. The first kappa shape index (κ1) is 15.5. The monoisotopic (exact) mass is 290 g/mol. The molecule has 0 saturated heterocycles. The van der Waals surface area contributed by atoms with Gasteiger partial charge in [-0.3, -0.25) is 4.68 Å². The molecule has 1 aromatic heterocycles. The van der Waals surface area contributed by atoms with Crippen LogP contribution in [0.1, 0.15) is 17.7 Å². The van der Waals surface area contributed by atoms with Crippen LogP contribution in [0.2, 0.25) is 0 Å². The largest absolute Gasteiger partial charge is 0.497 e. The maximum atomic E-state index is 8.77. The van der Waals surface area contributed by atoms with Crippen molar-refractivity contribution < 1.29 is 9.84 Å². The summed E-state index contributed by atoms with van der Waals surface area (Å²) in [5.74, 6) is 0.881. The average molecular weight is 290 g/mol. The Labute approximate surface area is 124 Å². The van der Waals surface area contributed by atoms with E-state index < -0.39 is 0 Å². The van der Waals surface area contributed by atoms with Crippen LogP contribution in [0.5, 0.6) is 5.75 Å². The number of aryl methyl sites for hydroxylation is 1. The molecule has 0 spiro atoms. The zero-order valence-corrected chi connectivity index (χ0v) is 12.3. The number of benzene rings is 1. The van der Waals surface area contributed by atoms with Gasteiger partial charge in [-0.2, -0.15) is 0 Å². The van der Waals surface area contributed by atoms with Gasteiger partial charge in [0.1, 0.15) is 5.75 Å². The number of hydrogen-bond acceptors (Lipinski definition) is 5. The second kappa shape index (κ2) is 8.39. The molecule has 0 fully saturated rings. The number of aliphatic hydroxyl groups excluding tert-OH is 1. The van der Waals surface area contributed by atoms with Gasteiger partial charge < -0.3 is 15.2 Å². The lowest BCUT2D eigenvalue weighted by Crippen LogP contribution is -2.16. The van der Waals surface area contributed by atoms with E-state index in [1.807, 2.05) is 18.3 Å². The number of hydrogen-bond donors (Lipinski definition) is 2. The van der Waals surface area contributed by atoms with Gasteiger partial charge in [0, 0.05) is 25.9 Å². The molecular weight excluding hydrogens is 268 g/mol. The molecule has 114 valence electrons. The molecule has 1 heterocycles. The second-order valence-corrected chi connectivity index (χ2v) is 4.82. The number of nitrogens with one attached hydrogen (secondary N) is 1. The first-order chi connectivity index (χ1) is 10.3. The first-order valence-corrected chi connectivity index (χ1v) is 7.15. The van der Waals surface area contributed by atoms with Crippen molar-refractivity contribution in [2.24, 2.45) is 0 Å². The van der Waals surface area contributed by atoms with Crippen molar-refractivity contribution in [2.75, 3.05) is 20.3 Å². The van der Waals surface area contributed by atoms with Gasteiger partial charge in [-0.1, -0.05) is 17.3 Å². The Hall–Kier alpha value is -1.92. The maximum absolute atomic E-state index is 8.77. The summed E-state index contributed by atoms with van der Waals surface area (Å²) in [5.41, 5.74) is 2.19. The third-order valence-electron chi connectivity index (χ3n) is 3.19. The molecule has 0 aliphatic carbocycles. The Morgan fingerprint density at radius 1 is 1.29 bits per heavy atom. The van der Waals surface area contributed by atoms with Crippen molar-refractivity contribution in [1.82, 2.24) is 20.3 Å². The number of aliphatic hydroxyl groups is 1. The summed E-state index contributed by atoms with van der Waals surface area (Å²) in [4.78, 5) is 0. The average Bonchev–Trinajstić information content (AvgIpc) is 2.98. The van der Waals surface area contributed by atoms with Crippen LogP contribution in [0.15, 0.2) is 30.5 Å². The highest BCUT2D eigenvalue weighted by atomic mass is 16.5. The van der Waals surface area contributed by atoms with Crippen molar-refractivity contribution in [3.05, 3.63) is 41.7 Å². The predicted molar refractivity (Wildman–Crippen MR) is 80.1 cm³/mol. The van der Waals surface area contributed by atoms with Crippen molar-refractivity contribution in [3.8, 4) is 5.75 Å². The van der Waals surface area contributed by atoms with Gasteiger partial charge in [0.25, 0.3) is 0 Å². The Balaban J connectivity index is 1.67. The topological polar surface area (TPSA) is 72.2 Å². The molecule has 6 heteroatoms. The zero-order chi connectivity index (χ0) is 14.9. The minimum atomic E-state index is 0.176. The molecule has 0 aliphatic rings. The lowest BCUT2D eigenvalue weighted by atomic mass is 10.1. The Kier molecular flexibility index (Phi) is 6.18. The van der Waals surface area contributed by atoms with Crippen LogP contribution in [-0.4, -0.2) is 40.4 Å². The standard InChI is InChI=1S/C15H22N4O2/c1-21-15-5-3-13(4-6-15)7-8-16-11-14-12-19(18-17-14)9-2-10-20/h3-6,12,16,20H,2,7-11H2,1H3. The van der Waals surface area contributed by atoms with E-state index in [4.69, 9.17) is 9.84 Å². The van der Waals surface area contributed by atoms with Crippen LogP contribution in [0.3, 0.4) is 0 Å². The second-order valence-electron chi connectivity index (χ2n) is 4.82. The summed E-state index contributed by atoms with van der Waals surface area (Å²) >= 11 is 0. The number of nitrogens with zero attached hydrogens (tertiary/aromatic N) is 3. The third kappa shape index (κ3) is 5.17. The van der Waals surface area contributed by atoms with Crippen LogP contribution < -0.4 is 10.1 Å². The maximum Gasteiger partial charge on any atom is 0.118 e. The highest BCUT2D eigenvalue weighted by Gasteiger charge is 2.00. The van der Waals surface area contributed by atoms with Gasteiger partial charge in [-0.15, -0.1) is 5.10 Å². The van der Waals surface area contributed by atoms with E-state index in [1.54, 1.807) is 11.8 Å². The summed E-state index contributed by atoms with van der Waals surface area (Å²) in [5, 5.41) is 20.2. The van der Waals surface area contributed by atoms with Crippen molar-refractivity contribution in [1.29, 1.82) is 0 Å². The third-order valence-corrected chi connectivity index (χ3v) is 3.19. The molecule has 2 aromatic rings. The molecule has 21 heavy (non-hydrogen) atoms. The predicted octanol–water partition coefficient (Wildman–Crippen LogP) is 1.00. The van der Waals surface area contributed by atoms with E-state index in [0.29, 0.717) is 19.5 Å². The summed E-state index contributed by atoms with van der Waals surface area (Å²) in [7, 11) is 1.67. The molecule has 0 unspecified atom stereocenters. The lowest BCUT2D eigenvalue weighted by Gasteiger charge is -2.04. The van der Waals surface area contributed by atoms with Crippen molar-refractivity contribution in [3.63, 3.8) is 0 Å². The minimum Gasteiger partial charge on any atom is -0.497 e. The normalized spacial score (nSPS) is 10.8. The molecule has 0 amide bonds. The zero-order valence-electron chi connectivity index (χ0n) is 12.3. The molecule has 0 aliphatic heterocycles. The first-order valence-electron chi connectivity index (χ1n) is 7.15. The van der Waals surface area contributed by atoms with E-state index in [1.165, 1.54) is 5.56 Å². The molecule has 1 aromatic carbocycles. The fourth-order valence-electron chi connectivity index (χ4n) is 2.00. The molecule has 6 nitrogen and oxygen atoms in total. The van der Waals surface area contributed by atoms with Gasteiger partial charge in [0.05, 0.1) is 12.8 Å². The smallest absolute Gasteiger partial charge is 0.118 e. The van der Waals surface area contributed by atoms with Gasteiger partial charge in [0.2, 0.25) is 0 Å². The fraction of sp³-hybridized carbons (Fsp3) is 0.467. The fourth-order valence-corrected chi connectivity index (χ4v) is 2.00.